The van der Waals surface area contributed by atoms with Crippen LogP contribution >= 0.6 is 0 Å². The van der Waals surface area contributed by atoms with E-state index >= 15 is 0 Å². The summed E-state index contributed by atoms with van der Waals surface area (Å²) in [7, 11) is 0. The highest BCUT2D eigenvalue weighted by molar-refractivity contribution is 5.26. The van der Waals surface area contributed by atoms with Gasteiger partial charge in [0, 0.05) is 19.7 Å². The van der Waals surface area contributed by atoms with E-state index in [-0.39, 0.29) is 5.82 Å². The average Bonchev–Trinajstić information content (AvgIpc) is 2.59. The van der Waals surface area contributed by atoms with E-state index in [2.05, 4.69) is 0 Å². The lowest BCUT2D eigenvalue weighted by molar-refractivity contribution is 0.0237. The molecule has 1 unspecified atom stereocenters. The fraction of sp³-hybridized carbons (Fsp3) is 0.571. The van der Waals surface area contributed by atoms with Gasteiger partial charge in [-0.2, -0.15) is 0 Å². The van der Waals surface area contributed by atoms with Gasteiger partial charge in [0.05, 0.1) is 12.6 Å². The summed E-state index contributed by atoms with van der Waals surface area (Å²) in [6, 6.07) is 3.67. The molecular weight excluding hydrogens is 255 g/mol. The molecule has 1 heterocycles. The molecule has 2 nitrogen and oxygen atoms in total. The Morgan fingerprint density at radius 1 is 1.37 bits per heavy atom. The summed E-state index contributed by atoms with van der Waals surface area (Å²) in [6.45, 7) is 3.44. The van der Waals surface area contributed by atoms with Gasteiger partial charge in [-0.1, -0.05) is 6.07 Å². The normalized spacial score (nSPS) is 21.6. The van der Waals surface area contributed by atoms with Crippen LogP contribution in [0.5, 0.6) is 0 Å². The average molecular weight is 273 g/mol. The molecule has 1 aliphatic rings. The first-order valence-electron chi connectivity index (χ1n) is 6.43. The SMILES string of the molecule is Cc1ccc(F)cc1CN1CCOCCC1C(F)F. The molecule has 1 saturated heterocycles. The Balaban J connectivity index is 2.16. The van der Waals surface area contributed by atoms with Gasteiger partial charge in [-0.25, -0.2) is 13.2 Å². The second kappa shape index (κ2) is 6.39. The van der Waals surface area contributed by atoms with Gasteiger partial charge >= 0.3 is 0 Å². The van der Waals surface area contributed by atoms with E-state index < -0.39 is 12.5 Å². The van der Waals surface area contributed by atoms with Gasteiger partial charge < -0.3 is 4.74 Å². The third-order valence-electron chi connectivity index (χ3n) is 3.53. The Kier molecular flexibility index (Phi) is 4.82. The third-order valence-corrected chi connectivity index (χ3v) is 3.53. The molecule has 1 aromatic carbocycles. The molecule has 106 valence electrons. The van der Waals surface area contributed by atoms with Crippen LogP contribution in [0.1, 0.15) is 17.5 Å². The Labute approximate surface area is 111 Å². The number of rotatable bonds is 3. The third kappa shape index (κ3) is 3.70. The first-order valence-corrected chi connectivity index (χ1v) is 6.43. The molecule has 0 N–H and O–H groups in total. The van der Waals surface area contributed by atoms with E-state index in [9.17, 15) is 13.2 Å². The molecular formula is C14H18F3NO. The molecule has 1 aromatic rings. The fourth-order valence-corrected chi connectivity index (χ4v) is 2.35. The lowest BCUT2D eigenvalue weighted by Crippen LogP contribution is -2.40. The van der Waals surface area contributed by atoms with Crippen LogP contribution in [0.15, 0.2) is 18.2 Å². The van der Waals surface area contributed by atoms with E-state index in [1.807, 2.05) is 6.92 Å². The molecule has 0 aliphatic carbocycles. The minimum Gasteiger partial charge on any atom is -0.380 e. The number of nitrogens with zero attached hydrogens (tertiary/aromatic N) is 1. The predicted octanol–water partition coefficient (Wildman–Crippen LogP) is 2.99. The maximum absolute atomic E-state index is 13.2. The van der Waals surface area contributed by atoms with Crippen LogP contribution in [-0.4, -0.2) is 37.1 Å². The van der Waals surface area contributed by atoms with Gasteiger partial charge in [0.15, 0.2) is 0 Å². The zero-order valence-electron chi connectivity index (χ0n) is 10.9. The molecule has 1 aliphatic heterocycles. The van der Waals surface area contributed by atoms with Crippen molar-refractivity contribution in [2.75, 3.05) is 19.8 Å². The van der Waals surface area contributed by atoms with Crippen LogP contribution in [0.2, 0.25) is 0 Å². The van der Waals surface area contributed by atoms with Crippen molar-refractivity contribution in [2.24, 2.45) is 0 Å². The summed E-state index contributed by atoms with van der Waals surface area (Å²) < 4.78 is 44.6. The molecule has 0 amide bonds. The molecule has 5 heteroatoms. The predicted molar refractivity (Wildman–Crippen MR) is 66.8 cm³/mol. The van der Waals surface area contributed by atoms with Crippen molar-refractivity contribution >= 4 is 0 Å². The van der Waals surface area contributed by atoms with Gasteiger partial charge in [0.2, 0.25) is 0 Å². The van der Waals surface area contributed by atoms with Gasteiger partial charge in [0.1, 0.15) is 5.82 Å². The number of ether oxygens (including phenoxy) is 1. The monoisotopic (exact) mass is 273 g/mol. The summed E-state index contributed by atoms with van der Waals surface area (Å²) in [4.78, 5) is 1.69. The minimum atomic E-state index is -2.41. The van der Waals surface area contributed by atoms with Crippen molar-refractivity contribution in [1.29, 1.82) is 0 Å². The molecule has 2 rings (SSSR count). The molecule has 1 atom stereocenters. The maximum atomic E-state index is 13.2. The van der Waals surface area contributed by atoms with Crippen LogP contribution in [-0.2, 0) is 11.3 Å². The summed E-state index contributed by atoms with van der Waals surface area (Å²) in [5.41, 5.74) is 1.67. The van der Waals surface area contributed by atoms with Crippen LogP contribution in [0.4, 0.5) is 13.2 Å². The molecule has 0 bridgehead atoms. The molecule has 0 spiro atoms. The highest BCUT2D eigenvalue weighted by atomic mass is 19.3. The lowest BCUT2D eigenvalue weighted by Gasteiger charge is -2.29. The Morgan fingerprint density at radius 2 is 2.16 bits per heavy atom. The summed E-state index contributed by atoms with van der Waals surface area (Å²) in [5.74, 6) is -0.333. The molecule has 0 saturated carbocycles. The molecule has 19 heavy (non-hydrogen) atoms. The van der Waals surface area contributed by atoms with E-state index in [1.165, 1.54) is 12.1 Å². The molecule has 0 aromatic heterocycles. The summed E-state index contributed by atoms with van der Waals surface area (Å²) in [5, 5.41) is 0. The standard InChI is InChI=1S/C14H18F3NO/c1-10-2-3-12(15)8-11(10)9-18-5-7-19-6-4-13(18)14(16)17/h2-3,8,13-14H,4-7,9H2,1H3. The van der Waals surface area contributed by atoms with Crippen molar-refractivity contribution in [2.45, 2.75) is 32.4 Å². The highest BCUT2D eigenvalue weighted by Gasteiger charge is 2.29. The van der Waals surface area contributed by atoms with Crippen molar-refractivity contribution in [1.82, 2.24) is 4.90 Å². The summed E-state index contributed by atoms with van der Waals surface area (Å²) >= 11 is 0. The first kappa shape index (κ1) is 14.3. The van der Waals surface area contributed by atoms with Gasteiger partial charge in [-0.05, 0) is 36.6 Å². The largest absolute Gasteiger partial charge is 0.380 e. The zero-order valence-corrected chi connectivity index (χ0v) is 10.9. The van der Waals surface area contributed by atoms with Crippen molar-refractivity contribution in [3.8, 4) is 0 Å². The second-order valence-electron chi connectivity index (χ2n) is 4.84. The summed E-state index contributed by atoms with van der Waals surface area (Å²) in [6.07, 6.45) is -2.10. The van der Waals surface area contributed by atoms with Crippen LogP contribution < -0.4 is 0 Å². The van der Waals surface area contributed by atoms with Crippen LogP contribution in [0, 0.1) is 12.7 Å². The van der Waals surface area contributed by atoms with Gasteiger partial charge in [0.25, 0.3) is 6.43 Å². The Hall–Kier alpha value is -1.07. The first-order chi connectivity index (χ1) is 9.08. The number of halogens is 3. The van der Waals surface area contributed by atoms with E-state index in [0.29, 0.717) is 32.7 Å². The quantitative estimate of drug-likeness (QED) is 0.839. The highest BCUT2D eigenvalue weighted by Crippen LogP contribution is 2.21. The Bertz CT molecular complexity index is 425. The number of benzene rings is 1. The van der Waals surface area contributed by atoms with Crippen molar-refractivity contribution in [3.05, 3.63) is 35.1 Å². The number of aryl methyl sites for hydroxylation is 1. The fourth-order valence-electron chi connectivity index (χ4n) is 2.35. The Morgan fingerprint density at radius 3 is 2.89 bits per heavy atom. The lowest BCUT2D eigenvalue weighted by atomic mass is 10.1. The van der Waals surface area contributed by atoms with Crippen LogP contribution in [0.3, 0.4) is 0 Å². The maximum Gasteiger partial charge on any atom is 0.253 e. The topological polar surface area (TPSA) is 12.5 Å². The minimum absolute atomic E-state index is 0.312. The van der Waals surface area contributed by atoms with Crippen molar-refractivity contribution < 1.29 is 17.9 Å². The van der Waals surface area contributed by atoms with E-state index in [1.54, 1.807) is 11.0 Å². The van der Waals surface area contributed by atoms with Crippen molar-refractivity contribution in [3.63, 3.8) is 0 Å². The number of alkyl halides is 2. The molecule has 1 fully saturated rings. The van der Waals surface area contributed by atoms with E-state index in [4.69, 9.17) is 4.74 Å². The van der Waals surface area contributed by atoms with Crippen LogP contribution in [0.25, 0.3) is 0 Å². The smallest absolute Gasteiger partial charge is 0.253 e. The molecule has 0 radical (unpaired) electrons. The van der Waals surface area contributed by atoms with E-state index in [0.717, 1.165) is 11.1 Å². The zero-order chi connectivity index (χ0) is 13.8. The second-order valence-corrected chi connectivity index (χ2v) is 4.84. The van der Waals surface area contributed by atoms with Gasteiger partial charge in [-0.3, -0.25) is 4.90 Å². The number of hydrogen-bond donors (Lipinski definition) is 0. The number of hydrogen-bond acceptors (Lipinski definition) is 2. The van der Waals surface area contributed by atoms with Gasteiger partial charge in [-0.15, -0.1) is 0 Å².